The van der Waals surface area contributed by atoms with Crippen LogP contribution >= 0.6 is 11.8 Å². The number of Topliss-reactive ketones (excluding diaryl/α,β-unsaturated/α-hetero) is 1. The second-order valence-electron chi connectivity index (χ2n) is 18.6. The molecule has 70 heavy (non-hydrogen) atoms. The molecule has 0 saturated carbocycles. The monoisotopic (exact) mass is 953 g/mol. The molecule has 4 N–H and O–H groups in total. The number of rotatable bonds is 19. The molecule has 0 spiro atoms. The quantitative estimate of drug-likeness (QED) is 0.0468. The van der Waals surface area contributed by atoms with Gasteiger partial charge in [0.1, 0.15) is 17.6 Å². The third-order valence-corrected chi connectivity index (χ3v) is 15.2. The Balaban J connectivity index is 0.979. The van der Waals surface area contributed by atoms with Crippen molar-refractivity contribution in [1.29, 1.82) is 0 Å². The average molecular weight is 954 g/mol. The number of anilines is 1. The molecule has 0 radical (unpaired) electrons. The van der Waals surface area contributed by atoms with E-state index in [0.717, 1.165) is 61.3 Å². The van der Waals surface area contributed by atoms with Crippen LogP contribution in [0.4, 0.5) is 10.1 Å². The van der Waals surface area contributed by atoms with Crippen molar-refractivity contribution in [2.24, 2.45) is 0 Å². The second-order valence-corrected chi connectivity index (χ2v) is 19.8. The van der Waals surface area contributed by atoms with Gasteiger partial charge in [0.15, 0.2) is 5.78 Å². The van der Waals surface area contributed by atoms with Crippen molar-refractivity contribution in [3.8, 4) is 16.9 Å². The highest BCUT2D eigenvalue weighted by Crippen LogP contribution is 2.43. The second kappa shape index (κ2) is 21.9. The number of nitrogens with zero attached hydrogens (tertiary/aromatic N) is 2. The van der Waals surface area contributed by atoms with Crippen molar-refractivity contribution in [3.63, 3.8) is 0 Å². The maximum absolute atomic E-state index is 14.1. The summed E-state index contributed by atoms with van der Waals surface area (Å²) in [5, 5.41) is 34.8. The normalized spacial score (nSPS) is 19.7. The zero-order valence-corrected chi connectivity index (χ0v) is 41.0. The summed E-state index contributed by atoms with van der Waals surface area (Å²) < 4.78 is 13.6. The van der Waals surface area contributed by atoms with Crippen molar-refractivity contribution in [2.45, 2.75) is 81.9 Å². The molecule has 1 saturated heterocycles. The minimum atomic E-state index is -0.936. The van der Waals surface area contributed by atoms with E-state index < -0.39 is 28.9 Å². The number of phenols is 1. The molecule has 1 aromatic heterocycles. The van der Waals surface area contributed by atoms with Crippen LogP contribution in [0, 0.1) is 12.7 Å². The Morgan fingerprint density at radius 1 is 0.929 bits per heavy atom. The molecule has 2 heterocycles. The van der Waals surface area contributed by atoms with Crippen molar-refractivity contribution in [2.75, 3.05) is 17.2 Å². The van der Waals surface area contributed by atoms with Gasteiger partial charge in [-0.05, 0) is 132 Å². The fraction of sp³-hybridized carbons (Fsp3) is 0.250. The Labute approximate surface area is 415 Å². The molecule has 1 aliphatic carbocycles. The fourth-order valence-corrected chi connectivity index (χ4v) is 10.7. The van der Waals surface area contributed by atoms with Crippen molar-refractivity contribution in [3.05, 3.63) is 227 Å². The number of phenolic OH excluding ortho intramolecular Hbond substituents is 1. The van der Waals surface area contributed by atoms with Crippen LogP contribution in [0.1, 0.15) is 84.7 Å². The number of amides is 1. The molecule has 2 aliphatic rings. The van der Waals surface area contributed by atoms with E-state index in [9.17, 15) is 29.3 Å². The van der Waals surface area contributed by atoms with Gasteiger partial charge < -0.3 is 25.5 Å². The number of aliphatic hydroxyl groups is 2. The number of ketones is 1. The number of halogens is 1. The molecule has 5 unspecified atom stereocenters. The summed E-state index contributed by atoms with van der Waals surface area (Å²) >= 11 is 1.47. The number of thioether (sulfide) groups is 1. The van der Waals surface area contributed by atoms with E-state index in [1.807, 2.05) is 112 Å². The summed E-state index contributed by atoms with van der Waals surface area (Å²) in [6.07, 6.45) is 14.5. The summed E-state index contributed by atoms with van der Waals surface area (Å²) in [7, 11) is 0. The van der Waals surface area contributed by atoms with E-state index >= 15 is 0 Å². The van der Waals surface area contributed by atoms with Crippen LogP contribution in [-0.2, 0) is 21.4 Å². The topological polar surface area (TPSA) is 123 Å². The number of nitrogens with one attached hydrogen (secondary N) is 1. The van der Waals surface area contributed by atoms with Crippen LogP contribution < -0.4 is 10.2 Å². The van der Waals surface area contributed by atoms with Crippen LogP contribution in [0.25, 0.3) is 16.7 Å². The molecule has 1 amide bonds. The standard InChI is InChI=1S/C60H60FN3O5S/c1-6-7-9-38(2)55(68)37-70-58(40(4)42-19-26-51(65)27-20-42)53(66)33-41-11-13-43(14-12-41)46-29-30-60(5,34-46)48-21-15-45(16-22-48)57-56(63-36-54(67)44-17-23-49(61)24-18-44)59(69)64(57)50-25-28-52(39(3)32-50)47-10-8-31-62-35-47/h6-32,34-35,40,54-58,63,65,67-68H,33,36-37H2,1-5H3/b7-6?,38-9+/t40?,54?,55?,56-,57?,58-,60?/m1/s1. The molecule has 8 nitrogen and oxygen atoms in total. The number of β-lactam (4-membered cyclic amide) rings is 1. The number of allylic oxidation sites excluding steroid dienone is 7. The fourth-order valence-electron chi connectivity index (χ4n) is 9.35. The first-order chi connectivity index (χ1) is 33.7. The average Bonchev–Trinajstić information content (AvgIpc) is 3.78. The van der Waals surface area contributed by atoms with E-state index in [0.29, 0.717) is 11.3 Å². The zero-order valence-electron chi connectivity index (χ0n) is 40.2. The van der Waals surface area contributed by atoms with Crippen molar-refractivity contribution < 1.29 is 29.3 Å². The minimum absolute atomic E-state index is 0.0736. The summed E-state index contributed by atoms with van der Waals surface area (Å²) in [4.78, 5) is 34.3. The first kappa shape index (κ1) is 49.7. The number of hydrogen-bond donors (Lipinski definition) is 4. The van der Waals surface area contributed by atoms with Crippen LogP contribution in [0.2, 0.25) is 0 Å². The van der Waals surface area contributed by atoms with E-state index in [4.69, 9.17) is 0 Å². The lowest BCUT2D eigenvalue weighted by Gasteiger charge is -2.48. The Kier molecular flexibility index (Phi) is 15.6. The van der Waals surface area contributed by atoms with Gasteiger partial charge >= 0.3 is 0 Å². The Hall–Kier alpha value is -6.69. The molecule has 1 aliphatic heterocycles. The number of aromatic hydroxyl groups is 1. The molecular weight excluding hydrogens is 894 g/mol. The Morgan fingerprint density at radius 2 is 1.64 bits per heavy atom. The first-order valence-corrected chi connectivity index (χ1v) is 24.8. The number of aliphatic hydroxyl groups excluding tert-OH is 2. The highest BCUT2D eigenvalue weighted by Gasteiger charge is 2.49. The van der Waals surface area contributed by atoms with Gasteiger partial charge in [0.2, 0.25) is 5.91 Å². The number of benzene rings is 5. The lowest BCUT2D eigenvalue weighted by Crippen LogP contribution is -2.65. The van der Waals surface area contributed by atoms with Crippen LogP contribution in [-0.4, -0.2) is 61.7 Å². The Morgan fingerprint density at radius 3 is 2.31 bits per heavy atom. The van der Waals surface area contributed by atoms with E-state index in [-0.39, 0.29) is 48.2 Å². The molecule has 10 heteroatoms. The molecule has 6 aromatic rings. The number of carbonyl (C=O) groups excluding carboxylic acids is 2. The predicted molar refractivity (Wildman–Crippen MR) is 281 cm³/mol. The third kappa shape index (κ3) is 11.2. The molecular formula is C60H60FN3O5S. The zero-order chi connectivity index (χ0) is 49.5. The van der Waals surface area contributed by atoms with Gasteiger partial charge in [0, 0.05) is 47.8 Å². The smallest absolute Gasteiger partial charge is 0.247 e. The SMILES string of the molecule is CC=C/C=C(\C)C(O)CS[C@@H](C(=O)Cc1ccc(C2=CC(C)(c3ccc(C4[C@@H](NCC(O)c5ccc(F)cc5)C(=O)N4c4ccc(-c5cccnc5)c(C)c4)cc3)C=C2)cc1)C(C)c1ccc(O)cc1. The minimum Gasteiger partial charge on any atom is -0.508 e. The molecule has 1 fully saturated rings. The lowest BCUT2D eigenvalue weighted by atomic mass is 9.81. The van der Waals surface area contributed by atoms with Crippen LogP contribution in [0.15, 0.2) is 182 Å². The van der Waals surface area contributed by atoms with E-state index in [2.05, 4.69) is 71.9 Å². The summed E-state index contributed by atoms with van der Waals surface area (Å²) in [6, 6.07) is 38.2. The van der Waals surface area contributed by atoms with E-state index in [1.165, 1.54) is 23.9 Å². The summed E-state index contributed by atoms with van der Waals surface area (Å²) in [6.45, 7) is 10.2. The highest BCUT2D eigenvalue weighted by atomic mass is 32.2. The summed E-state index contributed by atoms with van der Waals surface area (Å²) in [5.41, 5.74) is 10.8. The van der Waals surface area contributed by atoms with Crippen LogP contribution in [0.5, 0.6) is 5.75 Å². The van der Waals surface area contributed by atoms with Gasteiger partial charge in [-0.1, -0.05) is 128 Å². The molecule has 0 bridgehead atoms. The number of aromatic nitrogens is 1. The van der Waals surface area contributed by atoms with Crippen LogP contribution in [0.3, 0.4) is 0 Å². The first-order valence-electron chi connectivity index (χ1n) is 23.8. The number of aryl methyl sites for hydroxylation is 1. The summed E-state index contributed by atoms with van der Waals surface area (Å²) in [5.74, 6) is -0.0155. The Bertz CT molecular complexity index is 2920. The highest BCUT2D eigenvalue weighted by molar-refractivity contribution is 8.00. The van der Waals surface area contributed by atoms with Crippen molar-refractivity contribution >= 4 is 34.7 Å². The molecule has 8 rings (SSSR count). The predicted octanol–water partition coefficient (Wildman–Crippen LogP) is 11.5. The maximum Gasteiger partial charge on any atom is 0.247 e. The van der Waals surface area contributed by atoms with Crippen molar-refractivity contribution in [1.82, 2.24) is 10.3 Å². The largest absolute Gasteiger partial charge is 0.508 e. The van der Waals surface area contributed by atoms with Gasteiger partial charge in [-0.3, -0.25) is 14.6 Å². The number of carbonyl (C=O) groups is 2. The van der Waals surface area contributed by atoms with Gasteiger partial charge in [-0.25, -0.2) is 4.39 Å². The third-order valence-electron chi connectivity index (χ3n) is 13.6. The van der Waals surface area contributed by atoms with Gasteiger partial charge in [0.25, 0.3) is 0 Å². The molecule has 5 aromatic carbocycles. The number of pyridine rings is 1. The van der Waals surface area contributed by atoms with Gasteiger partial charge in [0.05, 0.1) is 23.5 Å². The number of hydrogen-bond acceptors (Lipinski definition) is 8. The molecule has 358 valence electrons. The lowest BCUT2D eigenvalue weighted by molar-refractivity contribution is -0.127. The maximum atomic E-state index is 14.1. The van der Waals surface area contributed by atoms with Gasteiger partial charge in [-0.15, -0.1) is 11.8 Å². The molecule has 7 atom stereocenters. The van der Waals surface area contributed by atoms with Gasteiger partial charge in [-0.2, -0.15) is 0 Å². The van der Waals surface area contributed by atoms with E-state index in [1.54, 1.807) is 30.5 Å².